The number of hydrogen-bond acceptors (Lipinski definition) is 5. The molecule has 178 valence electrons. The third-order valence-electron chi connectivity index (χ3n) is 6.09. The van der Waals surface area contributed by atoms with Crippen molar-refractivity contribution in [2.24, 2.45) is 0 Å². The monoisotopic (exact) mass is 468 g/mol. The van der Waals surface area contributed by atoms with Crippen molar-refractivity contribution < 1.29 is 18.9 Å². The molecule has 0 bridgehead atoms. The zero-order chi connectivity index (χ0) is 24.2. The average Bonchev–Trinajstić information content (AvgIpc) is 3.28. The summed E-state index contributed by atoms with van der Waals surface area (Å²) in [6.45, 7) is 1.35. The van der Waals surface area contributed by atoms with Crippen LogP contribution in [0.5, 0.6) is 23.0 Å². The summed E-state index contributed by atoms with van der Waals surface area (Å²) < 4.78 is 24.9. The van der Waals surface area contributed by atoms with Gasteiger partial charge in [0.2, 0.25) is 5.75 Å². The molecular weight excluding hydrogens is 440 g/mol. The number of para-hydroxylation sites is 2. The van der Waals surface area contributed by atoms with Crippen LogP contribution >= 0.6 is 0 Å². The van der Waals surface area contributed by atoms with Gasteiger partial charge in [-0.15, -0.1) is 0 Å². The van der Waals surface area contributed by atoms with Crippen LogP contribution in [0.4, 0.5) is 0 Å². The highest BCUT2D eigenvalue weighted by atomic mass is 16.5. The van der Waals surface area contributed by atoms with Crippen LogP contribution in [0.15, 0.2) is 78.9 Å². The molecule has 35 heavy (non-hydrogen) atoms. The fourth-order valence-electron chi connectivity index (χ4n) is 4.40. The van der Waals surface area contributed by atoms with Crippen molar-refractivity contribution in [3.63, 3.8) is 0 Å². The highest BCUT2D eigenvalue weighted by Crippen LogP contribution is 2.41. The molecule has 5 aromatic rings. The van der Waals surface area contributed by atoms with Crippen LogP contribution in [0.3, 0.4) is 0 Å². The molecule has 6 nitrogen and oxygen atoms in total. The molecule has 0 aliphatic carbocycles. The fraction of sp³-hybridized carbons (Fsp3) is 0.207. The Kier molecular flexibility index (Phi) is 6.44. The van der Waals surface area contributed by atoms with E-state index in [0.29, 0.717) is 23.9 Å². The number of aromatic nitrogens is 2. The smallest absolute Gasteiger partial charge is 0.203 e. The number of nitrogens with zero attached hydrogens (tertiary/aromatic N) is 2. The van der Waals surface area contributed by atoms with E-state index in [4.69, 9.17) is 23.9 Å². The van der Waals surface area contributed by atoms with Crippen molar-refractivity contribution in [2.45, 2.75) is 13.0 Å². The summed E-state index contributed by atoms with van der Waals surface area (Å²) in [5.74, 6) is 3.48. The van der Waals surface area contributed by atoms with Crippen LogP contribution < -0.4 is 18.9 Å². The number of rotatable bonds is 9. The first kappa shape index (κ1) is 22.6. The SMILES string of the molecule is COc1cc(-c2nc3ccccc3n2CCCOc2ccc3ccccc3c2)cc(OC)c1OC. The van der Waals surface area contributed by atoms with Gasteiger partial charge in [0.25, 0.3) is 0 Å². The first-order valence-electron chi connectivity index (χ1n) is 11.6. The van der Waals surface area contributed by atoms with Crippen LogP contribution in [0.1, 0.15) is 6.42 Å². The number of imidazole rings is 1. The van der Waals surface area contributed by atoms with E-state index in [1.54, 1.807) is 21.3 Å². The largest absolute Gasteiger partial charge is 0.494 e. The number of fused-ring (bicyclic) bond motifs is 2. The van der Waals surface area contributed by atoms with E-state index in [2.05, 4.69) is 34.9 Å². The molecule has 0 amide bonds. The third kappa shape index (κ3) is 4.47. The zero-order valence-corrected chi connectivity index (χ0v) is 20.2. The summed E-state index contributed by atoms with van der Waals surface area (Å²) in [6, 6.07) is 26.5. The summed E-state index contributed by atoms with van der Waals surface area (Å²) in [6.07, 6.45) is 0.824. The minimum absolute atomic E-state index is 0.560. The van der Waals surface area contributed by atoms with E-state index >= 15 is 0 Å². The Morgan fingerprint density at radius 2 is 1.46 bits per heavy atom. The Morgan fingerprint density at radius 1 is 0.743 bits per heavy atom. The highest BCUT2D eigenvalue weighted by molar-refractivity contribution is 5.84. The quantitative estimate of drug-likeness (QED) is 0.236. The van der Waals surface area contributed by atoms with Gasteiger partial charge in [0.05, 0.1) is 39.0 Å². The lowest BCUT2D eigenvalue weighted by atomic mass is 10.1. The number of ether oxygens (including phenoxy) is 4. The Labute approximate surface area is 204 Å². The van der Waals surface area contributed by atoms with E-state index in [-0.39, 0.29) is 0 Å². The molecule has 5 rings (SSSR count). The Morgan fingerprint density at radius 3 is 2.20 bits per heavy atom. The van der Waals surface area contributed by atoms with E-state index in [9.17, 15) is 0 Å². The first-order valence-corrected chi connectivity index (χ1v) is 11.6. The van der Waals surface area contributed by atoms with Crippen molar-refractivity contribution in [3.05, 3.63) is 78.9 Å². The van der Waals surface area contributed by atoms with Gasteiger partial charge in [0.1, 0.15) is 11.6 Å². The van der Waals surface area contributed by atoms with E-state index in [1.807, 2.05) is 48.5 Å². The molecule has 0 saturated carbocycles. The first-order chi connectivity index (χ1) is 17.2. The molecular formula is C29H28N2O4. The minimum atomic E-state index is 0.560. The van der Waals surface area contributed by atoms with E-state index < -0.39 is 0 Å². The Hall–Kier alpha value is -4.19. The van der Waals surface area contributed by atoms with Crippen LogP contribution in [-0.4, -0.2) is 37.5 Å². The van der Waals surface area contributed by atoms with Gasteiger partial charge in [-0.3, -0.25) is 0 Å². The van der Waals surface area contributed by atoms with Gasteiger partial charge in [-0.1, -0.05) is 42.5 Å². The Balaban J connectivity index is 1.41. The number of methoxy groups -OCH3 is 3. The lowest BCUT2D eigenvalue weighted by Gasteiger charge is -2.15. The maximum Gasteiger partial charge on any atom is 0.203 e. The molecule has 1 aromatic heterocycles. The number of benzene rings is 4. The zero-order valence-electron chi connectivity index (χ0n) is 20.2. The van der Waals surface area contributed by atoms with Gasteiger partial charge >= 0.3 is 0 Å². The summed E-state index contributed by atoms with van der Waals surface area (Å²) in [7, 11) is 4.84. The van der Waals surface area contributed by atoms with Crippen molar-refractivity contribution in [2.75, 3.05) is 27.9 Å². The number of hydrogen-bond donors (Lipinski definition) is 0. The van der Waals surface area contributed by atoms with Crippen LogP contribution in [0.2, 0.25) is 0 Å². The van der Waals surface area contributed by atoms with Crippen LogP contribution in [0.25, 0.3) is 33.2 Å². The topological polar surface area (TPSA) is 54.7 Å². The highest BCUT2D eigenvalue weighted by Gasteiger charge is 2.18. The average molecular weight is 469 g/mol. The molecule has 0 spiro atoms. The second-order valence-corrected chi connectivity index (χ2v) is 8.20. The van der Waals surface area contributed by atoms with Crippen molar-refractivity contribution in [1.29, 1.82) is 0 Å². The van der Waals surface area contributed by atoms with E-state index in [1.165, 1.54) is 10.8 Å². The molecule has 1 heterocycles. The second kappa shape index (κ2) is 9.97. The van der Waals surface area contributed by atoms with Crippen molar-refractivity contribution >= 4 is 21.8 Å². The lowest BCUT2D eigenvalue weighted by Crippen LogP contribution is -2.06. The summed E-state index contributed by atoms with van der Waals surface area (Å²) in [4.78, 5) is 4.93. The molecule has 0 atom stereocenters. The van der Waals surface area contributed by atoms with Gasteiger partial charge in [-0.2, -0.15) is 0 Å². The maximum atomic E-state index is 6.08. The summed E-state index contributed by atoms with van der Waals surface area (Å²) >= 11 is 0. The van der Waals surface area contributed by atoms with Gasteiger partial charge in [-0.05, 0) is 53.6 Å². The molecule has 0 aliphatic heterocycles. The standard InChI is InChI=1S/C29H28N2O4/c1-32-26-18-22(19-27(33-2)28(26)34-3)29-30-24-11-6-7-12-25(24)31(29)15-8-16-35-23-14-13-20-9-4-5-10-21(20)17-23/h4-7,9-14,17-19H,8,15-16H2,1-3H3. The molecule has 0 saturated heterocycles. The van der Waals surface area contributed by atoms with Gasteiger partial charge in [-0.25, -0.2) is 4.98 Å². The third-order valence-corrected chi connectivity index (χ3v) is 6.09. The van der Waals surface area contributed by atoms with Crippen molar-refractivity contribution in [1.82, 2.24) is 9.55 Å². The summed E-state index contributed by atoms with van der Waals surface area (Å²) in [5, 5.41) is 2.38. The molecule has 4 aromatic carbocycles. The Bertz CT molecular complexity index is 1450. The van der Waals surface area contributed by atoms with E-state index in [0.717, 1.165) is 41.1 Å². The predicted octanol–water partition coefficient (Wildman–Crippen LogP) is 6.35. The van der Waals surface area contributed by atoms with Crippen molar-refractivity contribution in [3.8, 4) is 34.4 Å². The minimum Gasteiger partial charge on any atom is -0.494 e. The fourth-order valence-corrected chi connectivity index (χ4v) is 4.40. The van der Waals surface area contributed by atoms with Crippen LogP contribution in [-0.2, 0) is 6.54 Å². The predicted molar refractivity (Wildman–Crippen MR) is 139 cm³/mol. The molecule has 0 aliphatic rings. The van der Waals surface area contributed by atoms with Gasteiger partial charge in [0, 0.05) is 12.1 Å². The molecule has 0 fully saturated rings. The van der Waals surface area contributed by atoms with Gasteiger partial charge in [0.15, 0.2) is 11.5 Å². The molecule has 0 N–H and O–H groups in total. The molecule has 0 radical (unpaired) electrons. The normalized spacial score (nSPS) is 11.1. The lowest BCUT2D eigenvalue weighted by molar-refractivity contribution is 0.303. The maximum absolute atomic E-state index is 6.08. The molecule has 0 unspecified atom stereocenters. The second-order valence-electron chi connectivity index (χ2n) is 8.20. The summed E-state index contributed by atoms with van der Waals surface area (Å²) in [5.41, 5.74) is 2.90. The van der Waals surface area contributed by atoms with Gasteiger partial charge < -0.3 is 23.5 Å². The molecule has 6 heteroatoms. The van der Waals surface area contributed by atoms with Crippen LogP contribution in [0, 0.1) is 0 Å². The number of aryl methyl sites for hydroxylation is 1.